The lowest BCUT2D eigenvalue weighted by Gasteiger charge is -2.21. The van der Waals surface area contributed by atoms with Gasteiger partial charge in [0.15, 0.2) is 0 Å². The molecule has 2 amide bonds. The molecule has 7 heteroatoms. The van der Waals surface area contributed by atoms with E-state index in [9.17, 15) is 9.59 Å². The highest BCUT2D eigenvalue weighted by Gasteiger charge is 2.28. The number of primary amides is 2. The molecule has 0 saturated carbocycles. The number of fused-ring (bicyclic) bond motifs is 1. The Labute approximate surface area is 135 Å². The number of pyridine rings is 1. The molecule has 2 heterocycles. The molecule has 1 aliphatic rings. The molecule has 0 aliphatic carbocycles. The molecule has 0 fully saturated rings. The maximum absolute atomic E-state index is 11.8. The van der Waals surface area contributed by atoms with E-state index in [0.717, 1.165) is 15.4 Å². The van der Waals surface area contributed by atoms with Crippen LogP contribution in [0.4, 0.5) is 4.79 Å². The van der Waals surface area contributed by atoms with Gasteiger partial charge in [-0.25, -0.2) is 9.78 Å². The Bertz CT molecular complexity index is 848. The molecule has 118 valence electrons. The molecule has 1 unspecified atom stereocenters. The van der Waals surface area contributed by atoms with Crippen LogP contribution < -0.4 is 16.2 Å². The molecule has 0 radical (unpaired) electrons. The van der Waals surface area contributed by atoms with Crippen molar-refractivity contribution in [1.29, 1.82) is 0 Å². The highest BCUT2D eigenvalue weighted by Crippen LogP contribution is 2.57. The van der Waals surface area contributed by atoms with Crippen molar-refractivity contribution in [2.24, 2.45) is 11.5 Å². The Kier molecular flexibility index (Phi) is 3.79. The molecule has 1 aliphatic heterocycles. The summed E-state index contributed by atoms with van der Waals surface area (Å²) in [6, 6.07) is 11.1. The first-order valence-electron chi connectivity index (χ1n) is 6.83. The summed E-state index contributed by atoms with van der Waals surface area (Å²) in [5, 5.41) is 0. The van der Waals surface area contributed by atoms with Gasteiger partial charge in [0.1, 0.15) is 0 Å². The lowest BCUT2D eigenvalue weighted by molar-refractivity contribution is -0.113. The molecule has 1 aromatic carbocycles. The summed E-state index contributed by atoms with van der Waals surface area (Å²) in [7, 11) is -1.06. The minimum atomic E-state index is -1.06. The van der Waals surface area contributed by atoms with E-state index in [0.29, 0.717) is 10.6 Å². The van der Waals surface area contributed by atoms with Gasteiger partial charge < -0.3 is 16.2 Å². The predicted octanol–water partition coefficient (Wildman–Crippen LogP) is 2.11. The van der Waals surface area contributed by atoms with Gasteiger partial charge >= 0.3 is 6.09 Å². The van der Waals surface area contributed by atoms with Gasteiger partial charge in [-0.1, -0.05) is 18.2 Å². The SMILES string of the molecule is Cc1nc(OC(N)=O)ccc1[SH]1C(C(N)=O)=Cc2ccccc21. The van der Waals surface area contributed by atoms with Crippen LogP contribution in [-0.2, 0) is 4.79 Å². The van der Waals surface area contributed by atoms with E-state index in [2.05, 4.69) is 4.98 Å². The molecule has 3 rings (SSSR count). The maximum Gasteiger partial charge on any atom is 0.411 e. The third-order valence-corrected chi connectivity index (χ3v) is 6.12. The van der Waals surface area contributed by atoms with Crippen LogP contribution in [0, 0.1) is 6.92 Å². The van der Waals surface area contributed by atoms with Gasteiger partial charge in [0.25, 0.3) is 5.91 Å². The smallest absolute Gasteiger partial charge is 0.391 e. The summed E-state index contributed by atoms with van der Waals surface area (Å²) in [5.41, 5.74) is 12.2. The first-order valence-corrected chi connectivity index (χ1v) is 8.17. The maximum atomic E-state index is 11.8. The molecular formula is C16H15N3O3S. The zero-order chi connectivity index (χ0) is 16.6. The highest BCUT2D eigenvalue weighted by atomic mass is 32.2. The summed E-state index contributed by atoms with van der Waals surface area (Å²) in [6.45, 7) is 1.80. The number of carbonyl (C=O) groups is 2. The molecule has 4 N–H and O–H groups in total. The van der Waals surface area contributed by atoms with Crippen molar-refractivity contribution < 1.29 is 14.3 Å². The Morgan fingerprint density at radius 1 is 1.09 bits per heavy atom. The number of thiol groups is 1. The van der Waals surface area contributed by atoms with E-state index in [1.165, 1.54) is 0 Å². The fourth-order valence-corrected chi connectivity index (χ4v) is 5.02. The quantitative estimate of drug-likeness (QED) is 0.749. The minimum absolute atomic E-state index is 0.130. The molecule has 0 bridgehead atoms. The van der Waals surface area contributed by atoms with Crippen LogP contribution in [0.3, 0.4) is 0 Å². The van der Waals surface area contributed by atoms with Crippen molar-refractivity contribution in [2.75, 3.05) is 0 Å². The Hall–Kier alpha value is -2.80. The number of amides is 2. The molecular weight excluding hydrogens is 314 g/mol. The Morgan fingerprint density at radius 3 is 2.48 bits per heavy atom. The first kappa shape index (κ1) is 15.1. The molecule has 0 saturated heterocycles. The zero-order valence-electron chi connectivity index (χ0n) is 12.3. The summed E-state index contributed by atoms with van der Waals surface area (Å²) in [4.78, 5) is 29.4. The Morgan fingerprint density at radius 2 is 1.83 bits per heavy atom. The lowest BCUT2D eigenvalue weighted by Crippen LogP contribution is -2.17. The molecule has 6 nitrogen and oxygen atoms in total. The molecule has 0 spiro atoms. The lowest BCUT2D eigenvalue weighted by atomic mass is 10.2. The number of nitrogens with two attached hydrogens (primary N) is 2. The van der Waals surface area contributed by atoms with Gasteiger partial charge in [0.2, 0.25) is 5.88 Å². The number of carbonyl (C=O) groups excluding carboxylic acids is 2. The van der Waals surface area contributed by atoms with Crippen LogP contribution in [0.1, 0.15) is 11.3 Å². The summed E-state index contributed by atoms with van der Waals surface area (Å²) in [6.07, 6.45) is 0.913. The summed E-state index contributed by atoms with van der Waals surface area (Å²) < 4.78 is 4.79. The number of nitrogens with zero attached hydrogens (tertiary/aromatic N) is 1. The third kappa shape index (κ3) is 2.78. The van der Waals surface area contributed by atoms with Crippen molar-refractivity contribution in [3.63, 3.8) is 0 Å². The van der Waals surface area contributed by atoms with Crippen LogP contribution in [0.5, 0.6) is 5.88 Å². The molecule has 2 aromatic rings. The van der Waals surface area contributed by atoms with Crippen LogP contribution in [0.2, 0.25) is 0 Å². The van der Waals surface area contributed by atoms with Crippen molar-refractivity contribution in [3.8, 4) is 5.88 Å². The number of aryl methyl sites for hydroxylation is 1. The zero-order valence-corrected chi connectivity index (χ0v) is 13.2. The second kappa shape index (κ2) is 5.77. The average molecular weight is 329 g/mol. The summed E-state index contributed by atoms with van der Waals surface area (Å²) >= 11 is 0. The van der Waals surface area contributed by atoms with E-state index in [-0.39, 0.29) is 5.88 Å². The fourth-order valence-electron chi connectivity index (χ4n) is 2.52. The van der Waals surface area contributed by atoms with Crippen LogP contribution >= 0.6 is 10.9 Å². The number of hydrogen-bond donors (Lipinski definition) is 3. The average Bonchev–Trinajstić information content (AvgIpc) is 2.86. The number of rotatable bonds is 3. The van der Waals surface area contributed by atoms with Gasteiger partial charge in [-0.3, -0.25) is 4.79 Å². The van der Waals surface area contributed by atoms with E-state index >= 15 is 0 Å². The number of ether oxygens (including phenoxy) is 1. The van der Waals surface area contributed by atoms with E-state index in [4.69, 9.17) is 16.2 Å². The second-order valence-corrected chi connectivity index (χ2v) is 7.08. The number of aromatic nitrogens is 1. The fraction of sp³-hybridized carbons (Fsp3) is 0.0625. The first-order chi connectivity index (χ1) is 11.0. The molecule has 1 aromatic heterocycles. The second-order valence-electron chi connectivity index (χ2n) is 4.96. The van der Waals surface area contributed by atoms with Crippen molar-refractivity contribution in [1.82, 2.24) is 4.98 Å². The highest BCUT2D eigenvalue weighted by molar-refractivity contribution is 8.21. The van der Waals surface area contributed by atoms with Crippen LogP contribution in [0.25, 0.3) is 6.08 Å². The van der Waals surface area contributed by atoms with Gasteiger partial charge in [-0.05, 0) is 30.7 Å². The van der Waals surface area contributed by atoms with Gasteiger partial charge in [-0.15, -0.1) is 0 Å². The minimum Gasteiger partial charge on any atom is -0.391 e. The normalized spacial score (nSPS) is 17.3. The molecule has 23 heavy (non-hydrogen) atoms. The third-order valence-electron chi connectivity index (χ3n) is 3.44. The van der Waals surface area contributed by atoms with Crippen molar-refractivity contribution in [3.05, 3.63) is 52.6 Å². The van der Waals surface area contributed by atoms with Gasteiger partial charge in [0, 0.05) is 15.9 Å². The van der Waals surface area contributed by atoms with Crippen LogP contribution in [-0.4, -0.2) is 17.0 Å². The molecule has 1 atom stereocenters. The number of hydrogen-bond acceptors (Lipinski definition) is 4. The van der Waals surface area contributed by atoms with Gasteiger partial charge in [0.05, 0.1) is 10.6 Å². The van der Waals surface area contributed by atoms with Gasteiger partial charge in [-0.2, -0.15) is 10.9 Å². The van der Waals surface area contributed by atoms with Crippen molar-refractivity contribution in [2.45, 2.75) is 16.7 Å². The topological polar surface area (TPSA) is 108 Å². The number of benzene rings is 1. The van der Waals surface area contributed by atoms with Crippen molar-refractivity contribution >= 4 is 29.0 Å². The summed E-state index contributed by atoms with van der Waals surface area (Å²) in [5.74, 6) is -0.310. The standard InChI is InChI=1S/C16H15N3O3S/c1-9-11(6-7-14(19-9)22-16(18)21)23-12-5-3-2-4-10(12)8-13(23)15(17)20/h2-8,23H,1H3,(H2,17,20)(H2,18,21). The van der Waals surface area contributed by atoms with E-state index < -0.39 is 22.9 Å². The predicted molar refractivity (Wildman–Crippen MR) is 88.3 cm³/mol. The Balaban J connectivity index is 2.08. The van der Waals surface area contributed by atoms with Crippen LogP contribution in [0.15, 0.2) is 51.1 Å². The van der Waals surface area contributed by atoms with E-state index in [1.807, 2.05) is 30.3 Å². The largest absolute Gasteiger partial charge is 0.411 e. The monoisotopic (exact) mass is 329 g/mol. The van der Waals surface area contributed by atoms with E-state index in [1.54, 1.807) is 19.1 Å².